The lowest BCUT2D eigenvalue weighted by Gasteiger charge is -2.36. The molecule has 5 nitrogen and oxygen atoms in total. The molecule has 1 fully saturated rings. The van der Waals surface area contributed by atoms with Gasteiger partial charge in [-0.25, -0.2) is 9.37 Å². The van der Waals surface area contributed by atoms with Crippen molar-refractivity contribution >= 4 is 39.9 Å². The Kier molecular flexibility index (Phi) is 5.20. The highest BCUT2D eigenvalue weighted by atomic mass is 35.5. The first-order valence-electron chi connectivity index (χ1n) is 9.33. The van der Waals surface area contributed by atoms with Crippen LogP contribution in [0.15, 0.2) is 48.5 Å². The Morgan fingerprint density at radius 3 is 2.38 bits per heavy atom. The average Bonchev–Trinajstić information content (AvgIpc) is 2.73. The van der Waals surface area contributed by atoms with Crippen LogP contribution in [-0.4, -0.2) is 47.8 Å². The summed E-state index contributed by atoms with van der Waals surface area (Å²) in [6.07, 6.45) is 0. The smallest absolute Gasteiger partial charge is 0.253 e. The molecule has 2 aromatic carbocycles. The van der Waals surface area contributed by atoms with E-state index in [1.165, 1.54) is 13.0 Å². The van der Waals surface area contributed by atoms with Crippen molar-refractivity contribution in [3.8, 4) is 0 Å². The summed E-state index contributed by atoms with van der Waals surface area (Å²) < 4.78 is 14.4. The van der Waals surface area contributed by atoms with Crippen LogP contribution >= 0.6 is 11.6 Å². The summed E-state index contributed by atoms with van der Waals surface area (Å²) in [5, 5.41) is 1.27. The van der Waals surface area contributed by atoms with Gasteiger partial charge in [0.15, 0.2) is 5.78 Å². The predicted octanol–water partition coefficient (Wildman–Crippen LogP) is 4.19. The van der Waals surface area contributed by atoms with Gasteiger partial charge in [0, 0.05) is 42.7 Å². The molecule has 3 aromatic rings. The average molecular weight is 412 g/mol. The van der Waals surface area contributed by atoms with Crippen LogP contribution in [0.1, 0.15) is 27.6 Å². The molecule has 1 aromatic heterocycles. The molecule has 0 atom stereocenters. The molecular weight excluding hydrogens is 393 g/mol. The largest absolute Gasteiger partial charge is 0.366 e. The van der Waals surface area contributed by atoms with Crippen molar-refractivity contribution in [3.63, 3.8) is 0 Å². The van der Waals surface area contributed by atoms with Crippen LogP contribution in [0.4, 0.5) is 10.1 Å². The van der Waals surface area contributed by atoms with Gasteiger partial charge >= 0.3 is 0 Å². The molecular formula is C22H19ClFN3O2. The highest BCUT2D eigenvalue weighted by molar-refractivity contribution is 6.29. The third-order valence-corrected chi connectivity index (χ3v) is 5.37. The lowest BCUT2D eigenvalue weighted by atomic mass is 10.1. The number of carbonyl (C=O) groups is 2. The second-order valence-electron chi connectivity index (χ2n) is 7.04. The van der Waals surface area contributed by atoms with E-state index in [0.29, 0.717) is 48.1 Å². The molecule has 1 aliphatic rings. The Morgan fingerprint density at radius 1 is 0.966 bits per heavy atom. The third-order valence-electron chi connectivity index (χ3n) is 5.16. The van der Waals surface area contributed by atoms with Crippen molar-refractivity contribution in [1.82, 2.24) is 9.88 Å². The number of benzene rings is 2. The zero-order chi connectivity index (χ0) is 20.5. The summed E-state index contributed by atoms with van der Waals surface area (Å²) in [6.45, 7) is 3.43. The standard InChI is InChI=1S/C22H19ClFN3O2/c1-14(28)15-3-6-20(18(24)13-15)26-8-10-27(11-9-26)22(29)17-2-5-19-16(12-17)4-7-21(23)25-19/h2-7,12-13H,8-11H2,1H3. The number of hydrogen-bond acceptors (Lipinski definition) is 4. The first kappa shape index (κ1) is 19.3. The Hall–Kier alpha value is -2.99. The third kappa shape index (κ3) is 3.93. The SMILES string of the molecule is CC(=O)c1ccc(N2CCN(C(=O)c3ccc4nc(Cl)ccc4c3)CC2)c(F)c1. The van der Waals surface area contributed by atoms with Gasteiger partial charge in [0.1, 0.15) is 11.0 Å². The molecule has 0 N–H and O–H groups in total. The maximum atomic E-state index is 14.4. The molecule has 2 heterocycles. The monoisotopic (exact) mass is 411 g/mol. The van der Waals surface area contributed by atoms with E-state index in [1.807, 2.05) is 17.0 Å². The number of aromatic nitrogens is 1. The Morgan fingerprint density at radius 2 is 1.69 bits per heavy atom. The van der Waals surface area contributed by atoms with E-state index in [4.69, 9.17) is 11.6 Å². The number of Topliss-reactive ketones (excluding diaryl/α,β-unsaturated/α-hetero) is 1. The molecule has 0 radical (unpaired) electrons. The number of ketones is 1. The quantitative estimate of drug-likeness (QED) is 0.479. The van der Waals surface area contributed by atoms with E-state index >= 15 is 0 Å². The fraction of sp³-hybridized carbons (Fsp3) is 0.227. The minimum atomic E-state index is -0.418. The summed E-state index contributed by atoms with van der Waals surface area (Å²) in [4.78, 5) is 32.2. The topological polar surface area (TPSA) is 53.5 Å². The van der Waals surface area contributed by atoms with Gasteiger partial charge in [0.05, 0.1) is 11.2 Å². The predicted molar refractivity (Wildman–Crippen MR) is 111 cm³/mol. The summed E-state index contributed by atoms with van der Waals surface area (Å²) in [7, 11) is 0. The fourth-order valence-corrected chi connectivity index (χ4v) is 3.70. The highest BCUT2D eigenvalue weighted by Crippen LogP contribution is 2.23. The number of piperazine rings is 1. The fourth-order valence-electron chi connectivity index (χ4n) is 3.55. The Bertz CT molecular complexity index is 1110. The molecule has 29 heavy (non-hydrogen) atoms. The van der Waals surface area contributed by atoms with Crippen molar-refractivity contribution in [1.29, 1.82) is 0 Å². The van der Waals surface area contributed by atoms with Crippen molar-refractivity contribution in [2.24, 2.45) is 0 Å². The van der Waals surface area contributed by atoms with Crippen LogP contribution < -0.4 is 4.90 Å². The molecule has 0 spiro atoms. The van der Waals surface area contributed by atoms with Gasteiger partial charge in [0.2, 0.25) is 0 Å². The van der Waals surface area contributed by atoms with Crippen LogP contribution in [0, 0.1) is 5.82 Å². The first-order chi connectivity index (χ1) is 13.9. The lowest BCUT2D eigenvalue weighted by Crippen LogP contribution is -2.49. The minimum absolute atomic E-state index is 0.0612. The zero-order valence-electron chi connectivity index (χ0n) is 15.9. The number of anilines is 1. The normalized spacial score (nSPS) is 14.3. The second-order valence-corrected chi connectivity index (χ2v) is 7.43. The van der Waals surface area contributed by atoms with Crippen LogP contribution in [-0.2, 0) is 0 Å². The van der Waals surface area contributed by atoms with Gasteiger partial charge in [-0.05, 0) is 55.5 Å². The van der Waals surface area contributed by atoms with Gasteiger partial charge in [-0.2, -0.15) is 0 Å². The molecule has 4 rings (SSSR count). The van der Waals surface area contributed by atoms with Gasteiger partial charge < -0.3 is 9.80 Å². The van der Waals surface area contributed by atoms with Gasteiger partial charge in [0.25, 0.3) is 5.91 Å². The van der Waals surface area contributed by atoms with E-state index in [-0.39, 0.29) is 11.7 Å². The first-order valence-corrected chi connectivity index (χ1v) is 9.71. The number of carbonyl (C=O) groups excluding carboxylic acids is 2. The van der Waals surface area contributed by atoms with Crippen LogP contribution in [0.3, 0.4) is 0 Å². The minimum Gasteiger partial charge on any atom is -0.366 e. The Labute approximate surface area is 172 Å². The number of halogens is 2. The number of nitrogens with zero attached hydrogens (tertiary/aromatic N) is 3. The van der Waals surface area contributed by atoms with E-state index in [0.717, 1.165) is 10.9 Å². The summed E-state index contributed by atoms with van der Waals surface area (Å²) >= 11 is 5.91. The van der Waals surface area contributed by atoms with Crippen LogP contribution in [0.2, 0.25) is 5.15 Å². The Balaban J connectivity index is 1.46. The van der Waals surface area contributed by atoms with Crippen molar-refractivity contribution < 1.29 is 14.0 Å². The van der Waals surface area contributed by atoms with Crippen molar-refractivity contribution in [2.45, 2.75) is 6.92 Å². The van der Waals surface area contributed by atoms with Gasteiger partial charge in [-0.15, -0.1) is 0 Å². The maximum Gasteiger partial charge on any atom is 0.253 e. The molecule has 1 saturated heterocycles. The molecule has 1 amide bonds. The molecule has 0 unspecified atom stereocenters. The molecule has 0 saturated carbocycles. The van der Waals surface area contributed by atoms with E-state index in [2.05, 4.69) is 4.98 Å². The molecule has 7 heteroatoms. The number of pyridine rings is 1. The van der Waals surface area contributed by atoms with Gasteiger partial charge in [-0.3, -0.25) is 9.59 Å². The van der Waals surface area contributed by atoms with Gasteiger partial charge in [-0.1, -0.05) is 11.6 Å². The molecule has 0 bridgehead atoms. The van der Waals surface area contributed by atoms with Crippen LogP contribution in [0.25, 0.3) is 10.9 Å². The van der Waals surface area contributed by atoms with Crippen LogP contribution in [0.5, 0.6) is 0 Å². The lowest BCUT2D eigenvalue weighted by molar-refractivity contribution is 0.0746. The van der Waals surface area contributed by atoms with E-state index in [9.17, 15) is 14.0 Å². The maximum absolute atomic E-state index is 14.4. The number of amides is 1. The highest BCUT2D eigenvalue weighted by Gasteiger charge is 2.24. The zero-order valence-corrected chi connectivity index (χ0v) is 16.6. The second kappa shape index (κ2) is 7.79. The van der Waals surface area contributed by atoms with Crippen molar-refractivity contribution in [2.75, 3.05) is 31.1 Å². The van der Waals surface area contributed by atoms with E-state index in [1.54, 1.807) is 35.2 Å². The van der Waals surface area contributed by atoms with E-state index < -0.39 is 5.82 Å². The summed E-state index contributed by atoms with van der Waals surface area (Å²) in [5.41, 5.74) is 2.14. The number of fused-ring (bicyclic) bond motifs is 1. The molecule has 0 aliphatic carbocycles. The molecule has 1 aliphatic heterocycles. The number of hydrogen-bond donors (Lipinski definition) is 0. The molecule has 148 valence electrons. The van der Waals surface area contributed by atoms with Crippen molar-refractivity contribution in [3.05, 3.63) is 70.6 Å². The summed E-state index contributed by atoms with van der Waals surface area (Å²) in [5.74, 6) is -0.647. The number of rotatable bonds is 3. The summed E-state index contributed by atoms with van der Waals surface area (Å²) in [6, 6.07) is 13.4.